The Bertz CT molecular complexity index is 539. The van der Waals surface area contributed by atoms with Crippen LogP contribution < -0.4 is 5.32 Å². The molecule has 0 fully saturated rings. The highest BCUT2D eigenvalue weighted by molar-refractivity contribution is 7.99. The van der Waals surface area contributed by atoms with E-state index in [1.165, 1.54) is 64.2 Å². The van der Waals surface area contributed by atoms with Crippen molar-refractivity contribution in [3.63, 3.8) is 0 Å². The SMILES string of the molecule is CCCCCCCCCCCCCCC(=O)Nc1c(SC)cc(C)nc1SC. The predicted octanol–water partition coefficient (Wildman–Crippen LogP) is 7.86. The molecule has 1 rings (SSSR count). The Hall–Kier alpha value is -0.680. The molecule has 160 valence electrons. The number of hydrogen-bond donors (Lipinski definition) is 1. The standard InChI is InChI=1S/C23H40N2OS2/c1-5-6-7-8-9-10-11-12-13-14-15-16-17-21(26)25-22-20(27-3)18-19(2)24-23(22)28-4/h18H,5-17H2,1-4H3,(H,25,26). The summed E-state index contributed by atoms with van der Waals surface area (Å²) in [6.07, 6.45) is 20.4. The minimum atomic E-state index is 0.114. The lowest BCUT2D eigenvalue weighted by atomic mass is 10.0. The van der Waals surface area contributed by atoms with Crippen LogP contribution in [-0.4, -0.2) is 23.4 Å². The Morgan fingerprint density at radius 1 is 0.893 bits per heavy atom. The molecule has 1 N–H and O–H groups in total. The highest BCUT2D eigenvalue weighted by Crippen LogP contribution is 2.33. The summed E-state index contributed by atoms with van der Waals surface area (Å²) in [5.74, 6) is 0.114. The zero-order valence-corrected chi connectivity index (χ0v) is 20.1. The molecule has 1 amide bonds. The summed E-state index contributed by atoms with van der Waals surface area (Å²) in [6.45, 7) is 4.27. The Morgan fingerprint density at radius 3 is 1.93 bits per heavy atom. The van der Waals surface area contributed by atoms with E-state index < -0.39 is 0 Å². The molecule has 1 heterocycles. The first-order chi connectivity index (χ1) is 13.6. The van der Waals surface area contributed by atoms with Crippen LogP contribution in [0.2, 0.25) is 0 Å². The van der Waals surface area contributed by atoms with Crippen molar-refractivity contribution in [2.75, 3.05) is 17.8 Å². The van der Waals surface area contributed by atoms with Crippen molar-refractivity contribution >= 4 is 35.1 Å². The number of nitrogens with one attached hydrogen (secondary N) is 1. The van der Waals surface area contributed by atoms with E-state index in [0.29, 0.717) is 6.42 Å². The molecular formula is C23H40N2OS2. The van der Waals surface area contributed by atoms with Gasteiger partial charge in [-0.05, 0) is 31.9 Å². The second kappa shape index (κ2) is 16.2. The van der Waals surface area contributed by atoms with E-state index in [1.54, 1.807) is 23.5 Å². The normalized spacial score (nSPS) is 11.0. The summed E-state index contributed by atoms with van der Waals surface area (Å²) in [6, 6.07) is 2.05. The van der Waals surface area contributed by atoms with Crippen LogP contribution in [0.15, 0.2) is 16.0 Å². The molecule has 0 aliphatic rings. The smallest absolute Gasteiger partial charge is 0.224 e. The summed E-state index contributed by atoms with van der Waals surface area (Å²) >= 11 is 3.25. The van der Waals surface area contributed by atoms with Crippen LogP contribution in [0.5, 0.6) is 0 Å². The molecule has 28 heavy (non-hydrogen) atoms. The lowest BCUT2D eigenvalue weighted by molar-refractivity contribution is -0.116. The van der Waals surface area contributed by atoms with Gasteiger partial charge < -0.3 is 5.32 Å². The van der Waals surface area contributed by atoms with Gasteiger partial charge in [0.2, 0.25) is 5.91 Å². The van der Waals surface area contributed by atoms with Gasteiger partial charge in [0.15, 0.2) is 0 Å². The van der Waals surface area contributed by atoms with E-state index in [0.717, 1.165) is 34.1 Å². The number of nitrogens with zero attached hydrogens (tertiary/aromatic N) is 1. The summed E-state index contributed by atoms with van der Waals surface area (Å²) in [5.41, 5.74) is 1.88. The molecule has 0 aliphatic heterocycles. The van der Waals surface area contributed by atoms with Gasteiger partial charge >= 0.3 is 0 Å². The number of unbranched alkanes of at least 4 members (excludes halogenated alkanes) is 11. The number of aromatic nitrogens is 1. The van der Waals surface area contributed by atoms with E-state index in [1.807, 2.05) is 25.5 Å². The summed E-state index contributed by atoms with van der Waals surface area (Å²) in [4.78, 5) is 18.0. The number of rotatable bonds is 16. The van der Waals surface area contributed by atoms with E-state index in [-0.39, 0.29) is 5.91 Å². The fourth-order valence-electron chi connectivity index (χ4n) is 3.37. The maximum Gasteiger partial charge on any atom is 0.224 e. The quantitative estimate of drug-likeness (QED) is 0.216. The zero-order chi connectivity index (χ0) is 20.6. The lowest BCUT2D eigenvalue weighted by Crippen LogP contribution is -2.13. The summed E-state index contributed by atoms with van der Waals surface area (Å²) < 4.78 is 0. The maximum absolute atomic E-state index is 12.4. The molecule has 0 saturated carbocycles. The summed E-state index contributed by atoms with van der Waals surface area (Å²) in [7, 11) is 0. The van der Waals surface area contributed by atoms with Gasteiger partial charge in [0.25, 0.3) is 0 Å². The third-order valence-corrected chi connectivity index (χ3v) is 6.46. The minimum Gasteiger partial charge on any atom is -0.323 e. The molecule has 3 nitrogen and oxygen atoms in total. The molecule has 0 bridgehead atoms. The van der Waals surface area contributed by atoms with Crippen LogP contribution in [-0.2, 0) is 4.79 Å². The topological polar surface area (TPSA) is 42.0 Å². The number of aryl methyl sites for hydroxylation is 1. The van der Waals surface area contributed by atoms with Gasteiger partial charge in [-0.1, -0.05) is 77.6 Å². The molecule has 0 aliphatic carbocycles. The molecule has 1 aromatic heterocycles. The average Bonchev–Trinajstić information content (AvgIpc) is 2.69. The van der Waals surface area contributed by atoms with Gasteiger partial charge in [0.1, 0.15) is 5.03 Å². The van der Waals surface area contributed by atoms with Crippen molar-refractivity contribution in [1.29, 1.82) is 0 Å². The van der Waals surface area contributed by atoms with Crippen LogP contribution in [0, 0.1) is 6.92 Å². The minimum absolute atomic E-state index is 0.114. The third kappa shape index (κ3) is 10.8. The van der Waals surface area contributed by atoms with Crippen molar-refractivity contribution in [2.24, 2.45) is 0 Å². The van der Waals surface area contributed by atoms with Crippen molar-refractivity contribution in [3.8, 4) is 0 Å². The first-order valence-electron chi connectivity index (χ1n) is 11.0. The number of hydrogen-bond acceptors (Lipinski definition) is 4. The van der Waals surface area contributed by atoms with E-state index in [2.05, 4.69) is 17.2 Å². The van der Waals surface area contributed by atoms with Crippen LogP contribution in [0.3, 0.4) is 0 Å². The molecule has 0 unspecified atom stereocenters. The number of amides is 1. The number of thioether (sulfide) groups is 2. The van der Waals surface area contributed by atoms with Gasteiger partial charge in [-0.15, -0.1) is 23.5 Å². The maximum atomic E-state index is 12.4. The molecule has 0 spiro atoms. The molecule has 1 aromatic rings. The monoisotopic (exact) mass is 424 g/mol. The van der Waals surface area contributed by atoms with Crippen molar-refractivity contribution in [3.05, 3.63) is 11.8 Å². The van der Waals surface area contributed by atoms with Crippen LogP contribution in [0.4, 0.5) is 5.69 Å². The molecule has 0 saturated heterocycles. The van der Waals surface area contributed by atoms with Gasteiger partial charge in [0, 0.05) is 17.0 Å². The van der Waals surface area contributed by atoms with E-state index in [4.69, 9.17) is 0 Å². The second-order valence-electron chi connectivity index (χ2n) is 7.54. The second-order valence-corrected chi connectivity index (χ2v) is 9.18. The predicted molar refractivity (Wildman–Crippen MR) is 127 cm³/mol. The lowest BCUT2D eigenvalue weighted by Gasteiger charge is -2.14. The van der Waals surface area contributed by atoms with Crippen molar-refractivity contribution < 1.29 is 4.79 Å². The van der Waals surface area contributed by atoms with E-state index >= 15 is 0 Å². The first-order valence-corrected chi connectivity index (χ1v) is 13.5. The van der Waals surface area contributed by atoms with Crippen LogP contribution in [0.1, 0.15) is 96.1 Å². The van der Waals surface area contributed by atoms with Gasteiger partial charge in [0.05, 0.1) is 5.69 Å². The molecule has 0 radical (unpaired) electrons. The highest BCUT2D eigenvalue weighted by Gasteiger charge is 2.13. The summed E-state index contributed by atoms with van der Waals surface area (Å²) in [5, 5.41) is 4.01. The molecule has 0 atom stereocenters. The Kier molecular flexibility index (Phi) is 14.6. The van der Waals surface area contributed by atoms with Crippen molar-refractivity contribution in [2.45, 2.75) is 107 Å². The Labute approximate surface area is 181 Å². The molecular weight excluding hydrogens is 384 g/mol. The van der Waals surface area contributed by atoms with Crippen LogP contribution in [0.25, 0.3) is 0 Å². The van der Waals surface area contributed by atoms with Crippen molar-refractivity contribution in [1.82, 2.24) is 4.98 Å². The van der Waals surface area contributed by atoms with Gasteiger partial charge in [-0.25, -0.2) is 4.98 Å². The Morgan fingerprint density at radius 2 is 1.43 bits per heavy atom. The number of carbonyl (C=O) groups is 1. The number of anilines is 1. The van der Waals surface area contributed by atoms with E-state index in [9.17, 15) is 4.79 Å². The molecule has 0 aromatic carbocycles. The molecule has 5 heteroatoms. The third-order valence-electron chi connectivity index (χ3n) is 5.01. The number of pyridine rings is 1. The Balaban J connectivity index is 2.15. The number of carbonyl (C=O) groups excluding carboxylic acids is 1. The largest absolute Gasteiger partial charge is 0.323 e. The highest BCUT2D eigenvalue weighted by atomic mass is 32.2. The zero-order valence-electron chi connectivity index (χ0n) is 18.4. The van der Waals surface area contributed by atoms with Crippen LogP contribution >= 0.6 is 23.5 Å². The van der Waals surface area contributed by atoms with Gasteiger partial charge in [-0.3, -0.25) is 4.79 Å². The first kappa shape index (κ1) is 25.4. The fraction of sp³-hybridized carbons (Fsp3) is 0.739. The fourth-order valence-corrected chi connectivity index (χ4v) is 4.67. The van der Waals surface area contributed by atoms with Gasteiger partial charge in [-0.2, -0.15) is 0 Å². The average molecular weight is 425 g/mol.